The fourth-order valence-corrected chi connectivity index (χ4v) is 6.85. The van der Waals surface area contributed by atoms with E-state index >= 15 is 0 Å². The van der Waals surface area contributed by atoms with Crippen molar-refractivity contribution in [2.45, 2.75) is 124 Å². The van der Waals surface area contributed by atoms with Gasteiger partial charge in [0.2, 0.25) is 17.7 Å². The summed E-state index contributed by atoms with van der Waals surface area (Å²) in [5.74, 6) is -4.04. The zero-order valence-corrected chi connectivity index (χ0v) is 36.3. The number of carboxylic acids is 1. The van der Waals surface area contributed by atoms with Crippen molar-refractivity contribution in [2.24, 2.45) is 18.4 Å². The van der Waals surface area contributed by atoms with Crippen LogP contribution in [-0.4, -0.2) is 113 Å². The lowest BCUT2D eigenvalue weighted by molar-refractivity contribution is -0.141. The highest BCUT2D eigenvalue weighted by molar-refractivity contribution is 5.98. The number of methoxy groups -OCH3 is 1. The Balaban J connectivity index is 2.60. The number of nitrogens with zero attached hydrogens (tertiary/aromatic N) is 3. The predicted octanol–water partition coefficient (Wildman–Crippen LogP) is 5.36. The average Bonchev–Trinajstić information content (AvgIpc) is 3.41. The summed E-state index contributed by atoms with van der Waals surface area (Å²) in [7, 11) is 6.14. The molecule has 1 aromatic heterocycles. The van der Waals surface area contributed by atoms with Gasteiger partial charge in [0, 0.05) is 62.8 Å². The van der Waals surface area contributed by atoms with Crippen LogP contribution in [0.5, 0.6) is 0 Å². The van der Waals surface area contributed by atoms with E-state index in [-0.39, 0.29) is 30.9 Å². The first-order valence-corrected chi connectivity index (χ1v) is 19.1. The Labute approximate surface area is 336 Å². The van der Waals surface area contributed by atoms with Crippen LogP contribution in [0.15, 0.2) is 36.0 Å². The van der Waals surface area contributed by atoms with E-state index in [1.54, 1.807) is 87.8 Å². The van der Waals surface area contributed by atoms with Gasteiger partial charge in [-0.3, -0.25) is 28.9 Å². The molecule has 1 unspecified atom stereocenters. The molecule has 14 nitrogen and oxygen atoms in total. The minimum Gasteiger partial charge on any atom is -0.481 e. The number of aromatic nitrogens is 1. The van der Waals surface area contributed by atoms with Gasteiger partial charge in [-0.15, -0.1) is 0 Å². The third-order valence-corrected chi connectivity index (χ3v) is 9.93. The first kappa shape index (κ1) is 48.4. The Bertz CT molecular complexity index is 1840. The first-order valence-electron chi connectivity index (χ1n) is 19.1. The fourth-order valence-electron chi connectivity index (χ4n) is 6.85. The van der Waals surface area contributed by atoms with Crippen LogP contribution in [0.1, 0.15) is 94.6 Å². The van der Waals surface area contributed by atoms with Crippen LogP contribution in [0, 0.1) is 17.2 Å². The number of carbonyl (C=O) groups excluding carboxylic acids is 5. The molecule has 3 N–H and O–H groups in total. The van der Waals surface area contributed by atoms with Crippen molar-refractivity contribution in [1.82, 2.24) is 25.0 Å². The highest BCUT2D eigenvalue weighted by atomic mass is 19.1. The summed E-state index contributed by atoms with van der Waals surface area (Å²) in [6.07, 6.45) is 2.14. The van der Waals surface area contributed by atoms with Crippen molar-refractivity contribution in [1.29, 1.82) is 0 Å². The van der Waals surface area contributed by atoms with E-state index in [0.717, 1.165) is 5.52 Å². The number of carbonyl (C=O) groups is 6. The van der Waals surface area contributed by atoms with Gasteiger partial charge in [0.25, 0.3) is 0 Å². The van der Waals surface area contributed by atoms with Crippen molar-refractivity contribution in [3.63, 3.8) is 0 Å². The summed E-state index contributed by atoms with van der Waals surface area (Å²) >= 11 is 0. The highest BCUT2D eigenvalue weighted by Crippen LogP contribution is 2.37. The number of amides is 4. The number of hydrogen-bond acceptors (Lipinski definition) is 8. The number of aliphatic carboxylic acids is 1. The van der Waals surface area contributed by atoms with Crippen molar-refractivity contribution in [3.8, 4) is 0 Å². The summed E-state index contributed by atoms with van der Waals surface area (Å²) in [4.78, 5) is 82.8. The summed E-state index contributed by atoms with van der Waals surface area (Å²) < 4.78 is 27.1. The predicted molar refractivity (Wildman–Crippen MR) is 216 cm³/mol. The van der Waals surface area contributed by atoms with E-state index < -0.39 is 82.0 Å². The Morgan fingerprint density at radius 3 is 2.07 bits per heavy atom. The number of carboxylic acid groups (broad SMARTS) is 1. The topological polar surface area (TPSA) is 177 Å². The van der Waals surface area contributed by atoms with E-state index in [9.17, 15) is 33.2 Å². The summed E-state index contributed by atoms with van der Waals surface area (Å²) in [5, 5.41) is 15.3. The third-order valence-electron chi connectivity index (χ3n) is 9.93. The lowest BCUT2D eigenvalue weighted by Gasteiger charge is -2.42. The summed E-state index contributed by atoms with van der Waals surface area (Å²) in [6.45, 7) is 19.0. The molecule has 0 bridgehead atoms. The molecule has 57 heavy (non-hydrogen) atoms. The molecule has 0 radical (unpaired) electrons. The Kier molecular flexibility index (Phi) is 16.2. The van der Waals surface area contributed by atoms with Crippen LogP contribution in [0.4, 0.5) is 9.18 Å². The maximum atomic E-state index is 14.8. The van der Waals surface area contributed by atoms with Crippen molar-refractivity contribution in [3.05, 3.63) is 47.4 Å². The standard InChI is InChI=1S/C42H64FN5O9/c1-24(2)31(20-25(3)36(52)44-29(17-19-33(50)51)32(49)23-56-15)47(13)38(54)34(40(4,5)6)45-37(53)35(48(14)39(55)57-41(7,8)9)42(10,11)28-22-46(12)30-18-16-26(43)21-27(28)30/h16,18,20-22,24,29,31,34-35H,17,19,23H2,1-15H3,(H,44,52)(H,45,53)(H,50,51)/b25-20+/t29-,31-,34?,35-/m1/s1. The molecule has 0 aliphatic rings. The quantitative estimate of drug-likeness (QED) is 0.178. The number of ether oxygens (including phenoxy) is 2. The minimum absolute atomic E-state index is 0.131. The van der Waals surface area contributed by atoms with E-state index in [0.29, 0.717) is 10.9 Å². The summed E-state index contributed by atoms with van der Waals surface area (Å²) in [6, 6.07) is 0.221. The molecule has 0 aliphatic carbocycles. The maximum Gasteiger partial charge on any atom is 0.410 e. The normalized spacial score (nSPS) is 14.7. The number of hydrogen-bond donors (Lipinski definition) is 3. The minimum atomic E-state index is -1.26. The van der Waals surface area contributed by atoms with Gasteiger partial charge < -0.3 is 34.7 Å². The number of halogens is 1. The second kappa shape index (κ2) is 19.1. The van der Waals surface area contributed by atoms with E-state index in [1.165, 1.54) is 43.0 Å². The van der Waals surface area contributed by atoms with Crippen LogP contribution in [0.25, 0.3) is 10.9 Å². The second-order valence-electron chi connectivity index (χ2n) is 17.7. The molecule has 0 saturated heterocycles. The molecular weight excluding hydrogens is 737 g/mol. The molecule has 1 heterocycles. The Morgan fingerprint density at radius 2 is 1.56 bits per heavy atom. The molecule has 15 heteroatoms. The molecule has 4 amide bonds. The number of benzene rings is 1. The van der Waals surface area contributed by atoms with E-state index in [4.69, 9.17) is 14.6 Å². The first-order chi connectivity index (χ1) is 26.0. The summed E-state index contributed by atoms with van der Waals surface area (Å²) in [5.41, 5.74) is -1.42. The number of nitrogens with one attached hydrogen (secondary N) is 2. The molecule has 0 spiro atoms. The number of ketones is 1. The number of likely N-dealkylation sites (N-methyl/N-ethyl adjacent to an activating group) is 2. The molecule has 2 aromatic rings. The van der Waals surface area contributed by atoms with Gasteiger partial charge in [0.1, 0.15) is 30.1 Å². The smallest absolute Gasteiger partial charge is 0.410 e. The SMILES string of the molecule is COCC(=O)[C@@H](CCC(=O)O)NC(=O)/C(C)=C/[C@H](C(C)C)N(C)C(=O)C(NC(=O)[C@@H](N(C)C(=O)OC(C)(C)C)C(C)(C)c1cn(C)c2ccc(F)cc12)C(C)(C)C. The Morgan fingerprint density at radius 1 is 0.965 bits per heavy atom. The number of Topliss-reactive ketones (excluding diaryl/α,β-unsaturated/α-hetero) is 1. The van der Waals surface area contributed by atoms with Crippen LogP contribution < -0.4 is 10.6 Å². The van der Waals surface area contributed by atoms with Gasteiger partial charge in [-0.25, -0.2) is 9.18 Å². The van der Waals surface area contributed by atoms with Gasteiger partial charge in [0.05, 0.1) is 12.1 Å². The second-order valence-corrected chi connectivity index (χ2v) is 17.7. The third kappa shape index (κ3) is 12.6. The zero-order valence-electron chi connectivity index (χ0n) is 36.3. The van der Waals surface area contributed by atoms with Gasteiger partial charge in [-0.1, -0.05) is 54.5 Å². The van der Waals surface area contributed by atoms with Crippen LogP contribution in [-0.2, 0) is 45.9 Å². The maximum absolute atomic E-state index is 14.8. The molecule has 318 valence electrons. The largest absolute Gasteiger partial charge is 0.481 e. The molecular formula is C42H64FN5O9. The molecule has 0 fully saturated rings. The number of aryl methyl sites for hydroxylation is 1. The molecule has 1 aromatic carbocycles. The number of rotatable bonds is 17. The van der Waals surface area contributed by atoms with Gasteiger partial charge in [0.15, 0.2) is 5.78 Å². The highest BCUT2D eigenvalue weighted by Gasteiger charge is 2.47. The molecule has 0 aliphatic heterocycles. The van der Waals surface area contributed by atoms with Crippen LogP contribution in [0.2, 0.25) is 0 Å². The van der Waals surface area contributed by atoms with Gasteiger partial charge in [-0.2, -0.15) is 0 Å². The van der Waals surface area contributed by atoms with Gasteiger partial charge >= 0.3 is 12.1 Å². The molecule has 0 saturated carbocycles. The van der Waals surface area contributed by atoms with Crippen LogP contribution in [0.3, 0.4) is 0 Å². The monoisotopic (exact) mass is 801 g/mol. The van der Waals surface area contributed by atoms with Crippen molar-refractivity contribution in [2.75, 3.05) is 27.8 Å². The number of fused-ring (bicyclic) bond motifs is 1. The van der Waals surface area contributed by atoms with Crippen LogP contribution >= 0.6 is 0 Å². The Hall–Kier alpha value is -4.79. The average molecular weight is 802 g/mol. The lowest BCUT2D eigenvalue weighted by Crippen LogP contribution is -2.63. The lowest BCUT2D eigenvalue weighted by atomic mass is 9.76. The molecule has 4 atom stereocenters. The van der Waals surface area contributed by atoms with Gasteiger partial charge in [-0.05, 0) is 69.2 Å². The van der Waals surface area contributed by atoms with Crippen molar-refractivity contribution < 1.29 is 47.7 Å². The molecule has 2 rings (SSSR count). The van der Waals surface area contributed by atoms with Crippen molar-refractivity contribution >= 4 is 46.5 Å². The van der Waals surface area contributed by atoms with E-state index in [1.807, 2.05) is 18.4 Å². The fraction of sp³-hybridized carbons (Fsp3) is 0.619. The zero-order chi connectivity index (χ0) is 44.0. The van der Waals surface area contributed by atoms with E-state index in [2.05, 4.69) is 10.6 Å².